The first kappa shape index (κ1) is 15.4. The summed E-state index contributed by atoms with van der Waals surface area (Å²) in [5.74, 6) is 0. The third-order valence-corrected chi connectivity index (χ3v) is 4.38. The van der Waals surface area contributed by atoms with Crippen molar-refractivity contribution in [2.75, 3.05) is 6.54 Å². The number of hydrogen-bond acceptors (Lipinski definition) is 4. The van der Waals surface area contributed by atoms with Crippen LogP contribution in [0.3, 0.4) is 0 Å². The number of halogens is 1. The number of rotatable bonds is 3. The first-order valence-electron chi connectivity index (χ1n) is 6.87. The molecule has 2 N–H and O–H groups in total. The van der Waals surface area contributed by atoms with E-state index >= 15 is 0 Å². The summed E-state index contributed by atoms with van der Waals surface area (Å²) in [4.78, 5) is 13.3. The van der Waals surface area contributed by atoms with Gasteiger partial charge in [0.2, 0.25) is 0 Å². The average molecular weight is 342 g/mol. The summed E-state index contributed by atoms with van der Waals surface area (Å²) in [5, 5.41) is 11.3. The Morgan fingerprint density at radius 3 is 2.80 bits per heavy atom. The van der Waals surface area contributed by atoms with E-state index in [4.69, 9.17) is 5.73 Å². The lowest BCUT2D eigenvalue weighted by atomic mass is 9.89. The van der Waals surface area contributed by atoms with Gasteiger partial charge in [-0.3, -0.25) is 15.0 Å². The van der Waals surface area contributed by atoms with Gasteiger partial charge in [-0.15, -0.1) is 0 Å². The van der Waals surface area contributed by atoms with E-state index in [9.17, 15) is 10.1 Å². The fourth-order valence-corrected chi connectivity index (χ4v) is 3.32. The molecule has 110 valence electrons. The second-order valence-electron chi connectivity index (χ2n) is 5.54. The monoisotopic (exact) mass is 341 g/mol. The minimum Gasteiger partial charge on any atom is -0.326 e. The van der Waals surface area contributed by atoms with Crippen molar-refractivity contribution in [3.05, 3.63) is 38.3 Å². The van der Waals surface area contributed by atoms with Crippen molar-refractivity contribution >= 4 is 21.6 Å². The van der Waals surface area contributed by atoms with Crippen LogP contribution in [-0.4, -0.2) is 28.5 Å². The van der Waals surface area contributed by atoms with Gasteiger partial charge in [0, 0.05) is 28.2 Å². The molecule has 2 atom stereocenters. The summed E-state index contributed by atoms with van der Waals surface area (Å²) >= 11 is 3.30. The predicted molar refractivity (Wildman–Crippen MR) is 82.6 cm³/mol. The van der Waals surface area contributed by atoms with E-state index < -0.39 is 0 Å². The second kappa shape index (κ2) is 6.20. The Balaban J connectivity index is 2.48. The van der Waals surface area contributed by atoms with Crippen molar-refractivity contribution in [1.82, 2.24) is 4.90 Å². The van der Waals surface area contributed by atoms with Crippen LogP contribution < -0.4 is 5.73 Å². The molecule has 0 amide bonds. The zero-order valence-electron chi connectivity index (χ0n) is 11.8. The van der Waals surface area contributed by atoms with Crippen molar-refractivity contribution in [1.29, 1.82) is 0 Å². The quantitative estimate of drug-likeness (QED) is 0.676. The maximum atomic E-state index is 11.3. The van der Waals surface area contributed by atoms with Crippen LogP contribution in [0.5, 0.6) is 0 Å². The molecule has 5 nitrogen and oxygen atoms in total. The smallest absolute Gasteiger partial charge is 0.275 e. The van der Waals surface area contributed by atoms with Crippen LogP contribution >= 0.6 is 15.9 Å². The van der Waals surface area contributed by atoms with E-state index in [1.807, 2.05) is 12.1 Å². The van der Waals surface area contributed by atoms with Gasteiger partial charge < -0.3 is 5.73 Å². The molecule has 0 saturated carbocycles. The Morgan fingerprint density at radius 2 is 2.20 bits per heavy atom. The topological polar surface area (TPSA) is 72.4 Å². The molecule has 1 heterocycles. The van der Waals surface area contributed by atoms with Crippen LogP contribution in [-0.2, 0) is 0 Å². The average Bonchev–Trinajstić information content (AvgIpc) is 2.38. The molecule has 20 heavy (non-hydrogen) atoms. The largest absolute Gasteiger partial charge is 0.326 e. The first-order chi connectivity index (χ1) is 9.41. The highest BCUT2D eigenvalue weighted by Crippen LogP contribution is 2.37. The molecule has 1 aromatic carbocycles. The Bertz CT molecular complexity index is 507. The summed E-state index contributed by atoms with van der Waals surface area (Å²) in [6, 6.07) is 5.41. The van der Waals surface area contributed by atoms with Crippen molar-refractivity contribution in [3.63, 3.8) is 0 Å². The van der Waals surface area contributed by atoms with Crippen molar-refractivity contribution in [3.8, 4) is 0 Å². The van der Waals surface area contributed by atoms with Crippen LogP contribution in [0, 0.1) is 10.1 Å². The predicted octanol–water partition coefficient (Wildman–Crippen LogP) is 3.23. The molecule has 6 heteroatoms. The van der Waals surface area contributed by atoms with Crippen LogP contribution in [0.4, 0.5) is 5.69 Å². The molecule has 0 radical (unpaired) electrons. The van der Waals surface area contributed by atoms with Crippen molar-refractivity contribution < 1.29 is 4.92 Å². The second-order valence-corrected chi connectivity index (χ2v) is 6.46. The Labute approximate surface area is 127 Å². The van der Waals surface area contributed by atoms with Gasteiger partial charge in [-0.25, -0.2) is 0 Å². The van der Waals surface area contributed by atoms with Gasteiger partial charge in [-0.1, -0.05) is 15.9 Å². The number of nitrogens with zero attached hydrogens (tertiary/aromatic N) is 2. The summed E-state index contributed by atoms with van der Waals surface area (Å²) < 4.78 is 0.716. The van der Waals surface area contributed by atoms with E-state index in [1.54, 1.807) is 6.07 Å². The third-order valence-electron chi connectivity index (χ3n) is 3.89. The summed E-state index contributed by atoms with van der Waals surface area (Å²) in [6.07, 6.45) is 1.95. The minimum absolute atomic E-state index is 0.0639. The molecule has 2 rings (SSSR count). The SMILES string of the molecule is CC(C)N1CCCC(N)C1c1ccc(Br)cc1[N+](=O)[O-]. The fourth-order valence-electron chi connectivity index (χ4n) is 2.97. The van der Waals surface area contributed by atoms with Crippen molar-refractivity contribution in [2.24, 2.45) is 5.73 Å². The molecule has 1 saturated heterocycles. The highest BCUT2D eigenvalue weighted by molar-refractivity contribution is 9.10. The Morgan fingerprint density at radius 1 is 1.50 bits per heavy atom. The molecular formula is C14H20BrN3O2. The molecular weight excluding hydrogens is 322 g/mol. The molecule has 1 aliphatic heterocycles. The van der Waals surface area contributed by atoms with Gasteiger partial charge in [0.25, 0.3) is 5.69 Å². The zero-order valence-corrected chi connectivity index (χ0v) is 13.3. The molecule has 1 aliphatic rings. The molecule has 0 aromatic heterocycles. The highest BCUT2D eigenvalue weighted by atomic mass is 79.9. The molecule has 0 spiro atoms. The van der Waals surface area contributed by atoms with Crippen LogP contribution in [0.25, 0.3) is 0 Å². The van der Waals surface area contributed by atoms with Gasteiger partial charge in [-0.2, -0.15) is 0 Å². The molecule has 1 aromatic rings. The number of piperidine rings is 1. The zero-order chi connectivity index (χ0) is 14.9. The standard InChI is InChI=1S/C14H20BrN3O2/c1-9(2)17-7-3-4-12(16)14(17)11-6-5-10(15)8-13(11)18(19)20/h5-6,8-9,12,14H,3-4,7,16H2,1-2H3. The number of nitro benzene ring substituents is 1. The van der Waals surface area contributed by atoms with E-state index in [0.29, 0.717) is 10.5 Å². The third kappa shape index (κ3) is 3.02. The van der Waals surface area contributed by atoms with E-state index in [2.05, 4.69) is 34.7 Å². The molecule has 2 unspecified atom stereocenters. The van der Waals surface area contributed by atoms with E-state index in [-0.39, 0.29) is 22.7 Å². The number of hydrogen-bond donors (Lipinski definition) is 1. The van der Waals surface area contributed by atoms with Gasteiger partial charge in [0.15, 0.2) is 0 Å². The molecule has 1 fully saturated rings. The lowest BCUT2D eigenvalue weighted by Crippen LogP contribution is -2.48. The van der Waals surface area contributed by atoms with E-state index in [0.717, 1.165) is 24.9 Å². The van der Waals surface area contributed by atoms with Gasteiger partial charge in [0.1, 0.15) is 0 Å². The molecule has 0 aliphatic carbocycles. The number of benzene rings is 1. The number of nitrogens with two attached hydrogens (primary N) is 1. The van der Waals surface area contributed by atoms with Gasteiger partial charge in [-0.05, 0) is 45.4 Å². The normalized spacial score (nSPS) is 24.1. The summed E-state index contributed by atoms with van der Waals surface area (Å²) in [6.45, 7) is 5.15. The van der Waals surface area contributed by atoms with Crippen LogP contribution in [0.15, 0.2) is 22.7 Å². The number of nitro groups is 1. The fraction of sp³-hybridized carbons (Fsp3) is 0.571. The lowest BCUT2D eigenvalue weighted by Gasteiger charge is -2.42. The summed E-state index contributed by atoms with van der Waals surface area (Å²) in [7, 11) is 0. The van der Waals surface area contributed by atoms with Crippen molar-refractivity contribution in [2.45, 2.75) is 44.8 Å². The van der Waals surface area contributed by atoms with Gasteiger partial charge in [0.05, 0.1) is 11.0 Å². The Hall–Kier alpha value is -0.980. The lowest BCUT2D eigenvalue weighted by molar-refractivity contribution is -0.386. The molecule has 0 bridgehead atoms. The van der Waals surface area contributed by atoms with Crippen LogP contribution in [0.1, 0.15) is 38.3 Å². The number of likely N-dealkylation sites (tertiary alicyclic amines) is 1. The van der Waals surface area contributed by atoms with E-state index in [1.165, 1.54) is 0 Å². The Kier molecular flexibility index (Phi) is 4.78. The first-order valence-corrected chi connectivity index (χ1v) is 7.66. The van der Waals surface area contributed by atoms with Crippen LogP contribution in [0.2, 0.25) is 0 Å². The highest BCUT2D eigenvalue weighted by Gasteiger charge is 2.35. The minimum atomic E-state index is -0.320. The van der Waals surface area contributed by atoms with Gasteiger partial charge >= 0.3 is 0 Å². The maximum absolute atomic E-state index is 11.3. The summed E-state index contributed by atoms with van der Waals surface area (Å²) in [5.41, 5.74) is 7.14. The maximum Gasteiger partial charge on any atom is 0.275 e.